The number of unbranched alkanes of at least 4 members (excludes halogenated alkanes) is 3. The predicted molar refractivity (Wildman–Crippen MR) is 59.3 cm³/mol. The normalized spacial score (nSPS) is 12.8. The van der Waals surface area contributed by atoms with Gasteiger partial charge < -0.3 is 10.2 Å². The molecule has 0 aromatic rings. The molecule has 3 nitrogen and oxygen atoms in total. The molecule has 0 spiro atoms. The van der Waals surface area contributed by atoms with Gasteiger partial charge in [-0.15, -0.1) is 5.92 Å². The van der Waals surface area contributed by atoms with Crippen LogP contribution < -0.4 is 0 Å². The number of carbonyl (C=O) groups is 1. The Kier molecular flexibility index (Phi) is 6.03. The van der Waals surface area contributed by atoms with Gasteiger partial charge in [-0.05, 0) is 20.3 Å². The zero-order chi connectivity index (χ0) is 11.9. The van der Waals surface area contributed by atoms with Crippen LogP contribution in [0, 0.1) is 17.3 Å². The second kappa shape index (κ2) is 6.47. The maximum Gasteiger partial charge on any atom is 0.312 e. The van der Waals surface area contributed by atoms with Crippen LogP contribution in [0.3, 0.4) is 0 Å². The smallest absolute Gasteiger partial charge is 0.312 e. The molecule has 0 bridgehead atoms. The number of hydrogen-bond acceptors (Lipinski definition) is 2. The van der Waals surface area contributed by atoms with Crippen molar-refractivity contribution < 1.29 is 15.0 Å². The summed E-state index contributed by atoms with van der Waals surface area (Å²) in [6, 6.07) is 0. The third kappa shape index (κ3) is 4.85. The van der Waals surface area contributed by atoms with Crippen molar-refractivity contribution >= 4 is 5.97 Å². The Morgan fingerprint density at radius 3 is 2.47 bits per heavy atom. The highest BCUT2D eigenvalue weighted by molar-refractivity contribution is 5.75. The largest absolute Gasteiger partial charge is 0.481 e. The third-order valence-electron chi connectivity index (χ3n) is 2.38. The lowest BCUT2D eigenvalue weighted by atomic mass is 9.87. The van der Waals surface area contributed by atoms with E-state index in [4.69, 9.17) is 5.11 Å². The monoisotopic (exact) mass is 212 g/mol. The Balaban J connectivity index is 4.11. The van der Waals surface area contributed by atoms with Crippen molar-refractivity contribution in [2.75, 3.05) is 0 Å². The van der Waals surface area contributed by atoms with E-state index in [9.17, 15) is 9.90 Å². The van der Waals surface area contributed by atoms with Gasteiger partial charge in [-0.1, -0.05) is 25.7 Å². The molecule has 0 heterocycles. The van der Waals surface area contributed by atoms with Gasteiger partial charge in [-0.3, -0.25) is 4.79 Å². The molecule has 0 amide bonds. The Hall–Kier alpha value is -1.01. The average Bonchev–Trinajstić information content (AvgIpc) is 2.16. The van der Waals surface area contributed by atoms with Crippen molar-refractivity contribution in [3.8, 4) is 11.8 Å². The van der Waals surface area contributed by atoms with E-state index in [1.54, 1.807) is 0 Å². The molecular weight excluding hydrogens is 192 g/mol. The van der Waals surface area contributed by atoms with E-state index in [0.717, 1.165) is 25.7 Å². The molecule has 3 heteroatoms. The minimum absolute atomic E-state index is 0.723. The van der Waals surface area contributed by atoms with Crippen LogP contribution in [-0.2, 0) is 4.79 Å². The molecule has 0 saturated heterocycles. The van der Waals surface area contributed by atoms with Gasteiger partial charge >= 0.3 is 5.97 Å². The minimum Gasteiger partial charge on any atom is -0.481 e. The second-order valence-corrected chi connectivity index (χ2v) is 4.21. The Morgan fingerprint density at radius 1 is 1.40 bits per heavy atom. The number of carboxylic acid groups (broad SMARTS) is 1. The van der Waals surface area contributed by atoms with E-state index in [2.05, 4.69) is 18.8 Å². The van der Waals surface area contributed by atoms with Gasteiger partial charge in [0.2, 0.25) is 0 Å². The minimum atomic E-state index is -1.20. The van der Waals surface area contributed by atoms with Crippen molar-refractivity contribution in [2.24, 2.45) is 5.41 Å². The molecule has 0 aromatic heterocycles. The summed E-state index contributed by atoms with van der Waals surface area (Å²) in [5.74, 6) is 4.38. The van der Waals surface area contributed by atoms with Crippen LogP contribution in [0.1, 0.15) is 46.5 Å². The topological polar surface area (TPSA) is 57.5 Å². The number of carboxylic acids is 1. The summed E-state index contributed by atoms with van der Waals surface area (Å²) in [6.07, 6.45) is 2.87. The summed E-state index contributed by atoms with van der Waals surface area (Å²) < 4.78 is 0. The zero-order valence-corrected chi connectivity index (χ0v) is 9.71. The quantitative estimate of drug-likeness (QED) is 0.541. The Labute approximate surface area is 91.5 Å². The van der Waals surface area contributed by atoms with Crippen molar-refractivity contribution in [1.29, 1.82) is 0 Å². The molecule has 1 unspecified atom stereocenters. The fourth-order valence-corrected chi connectivity index (χ4v) is 0.930. The molecule has 1 atom stereocenters. The van der Waals surface area contributed by atoms with E-state index >= 15 is 0 Å². The summed E-state index contributed by atoms with van der Waals surface area (Å²) >= 11 is 0. The first kappa shape index (κ1) is 14.0. The van der Waals surface area contributed by atoms with E-state index in [1.165, 1.54) is 13.8 Å². The van der Waals surface area contributed by atoms with Gasteiger partial charge in [0.25, 0.3) is 0 Å². The Morgan fingerprint density at radius 2 is 2.00 bits per heavy atom. The average molecular weight is 212 g/mol. The number of aliphatic hydroxyl groups is 1. The third-order valence-corrected chi connectivity index (χ3v) is 2.38. The first-order chi connectivity index (χ1) is 6.92. The molecule has 0 aliphatic rings. The molecule has 86 valence electrons. The van der Waals surface area contributed by atoms with Crippen molar-refractivity contribution in [1.82, 2.24) is 0 Å². The highest BCUT2D eigenvalue weighted by Gasteiger charge is 2.34. The lowest BCUT2D eigenvalue weighted by Crippen LogP contribution is -2.36. The van der Waals surface area contributed by atoms with E-state index in [1.807, 2.05) is 0 Å². The highest BCUT2D eigenvalue weighted by Crippen LogP contribution is 2.20. The van der Waals surface area contributed by atoms with Crippen LogP contribution in [0.4, 0.5) is 0 Å². The van der Waals surface area contributed by atoms with E-state index < -0.39 is 17.5 Å². The molecule has 0 fully saturated rings. The first-order valence-electron chi connectivity index (χ1n) is 5.32. The van der Waals surface area contributed by atoms with Crippen LogP contribution >= 0.6 is 0 Å². The molecule has 0 aliphatic carbocycles. The summed E-state index contributed by atoms with van der Waals surface area (Å²) in [4.78, 5) is 10.8. The van der Waals surface area contributed by atoms with Crippen LogP contribution in [0.2, 0.25) is 0 Å². The number of rotatable bonds is 5. The molecule has 0 aliphatic heterocycles. The summed E-state index contributed by atoms with van der Waals surface area (Å²) in [5.41, 5.74) is -1.20. The molecule has 15 heavy (non-hydrogen) atoms. The molecule has 0 aromatic carbocycles. The zero-order valence-electron chi connectivity index (χ0n) is 9.71. The fraction of sp³-hybridized carbons (Fsp3) is 0.750. The van der Waals surface area contributed by atoms with Crippen LogP contribution in [0.15, 0.2) is 0 Å². The molecule has 0 radical (unpaired) electrons. The lowest BCUT2D eigenvalue weighted by Gasteiger charge is -2.21. The van der Waals surface area contributed by atoms with Gasteiger partial charge in [-0.25, -0.2) is 0 Å². The van der Waals surface area contributed by atoms with Crippen LogP contribution in [-0.4, -0.2) is 22.3 Å². The summed E-state index contributed by atoms with van der Waals surface area (Å²) in [7, 11) is 0. The van der Waals surface area contributed by atoms with Gasteiger partial charge in [0.1, 0.15) is 6.10 Å². The lowest BCUT2D eigenvalue weighted by molar-refractivity contribution is -0.151. The van der Waals surface area contributed by atoms with Gasteiger partial charge in [0, 0.05) is 6.42 Å². The van der Waals surface area contributed by atoms with Crippen molar-refractivity contribution in [3.63, 3.8) is 0 Å². The molecule has 0 saturated carbocycles. The van der Waals surface area contributed by atoms with Crippen LogP contribution in [0.5, 0.6) is 0 Å². The van der Waals surface area contributed by atoms with Crippen LogP contribution in [0.25, 0.3) is 0 Å². The molecule has 0 rings (SSSR count). The maximum absolute atomic E-state index is 10.8. The van der Waals surface area contributed by atoms with E-state index in [0.29, 0.717) is 0 Å². The standard InChI is InChI=1S/C12H20O3/c1-4-5-6-7-8-9-10(13)12(2,3)11(14)15/h10,13H,4-7H2,1-3H3,(H,14,15). The second-order valence-electron chi connectivity index (χ2n) is 4.21. The van der Waals surface area contributed by atoms with Gasteiger partial charge in [0.15, 0.2) is 0 Å². The number of aliphatic hydroxyl groups excluding tert-OH is 1. The van der Waals surface area contributed by atoms with Crippen molar-refractivity contribution in [3.05, 3.63) is 0 Å². The highest BCUT2D eigenvalue weighted by atomic mass is 16.4. The SMILES string of the molecule is CCCCCC#CC(O)C(C)(C)C(=O)O. The molecular formula is C12H20O3. The van der Waals surface area contributed by atoms with Gasteiger partial charge in [0.05, 0.1) is 5.41 Å². The summed E-state index contributed by atoms with van der Waals surface area (Å²) in [6.45, 7) is 5.05. The predicted octanol–water partition coefficient (Wildman–Crippen LogP) is 2.04. The number of aliphatic carboxylic acids is 1. The number of hydrogen-bond donors (Lipinski definition) is 2. The summed E-state index contributed by atoms with van der Waals surface area (Å²) in [5, 5.41) is 18.4. The Bertz CT molecular complexity index is 258. The first-order valence-corrected chi connectivity index (χ1v) is 5.32. The van der Waals surface area contributed by atoms with E-state index in [-0.39, 0.29) is 0 Å². The molecule has 2 N–H and O–H groups in total. The fourth-order valence-electron chi connectivity index (χ4n) is 0.930. The maximum atomic E-state index is 10.8. The van der Waals surface area contributed by atoms with Gasteiger partial charge in [-0.2, -0.15) is 0 Å². The van der Waals surface area contributed by atoms with Crippen molar-refractivity contribution in [2.45, 2.75) is 52.6 Å².